The summed E-state index contributed by atoms with van der Waals surface area (Å²) >= 11 is 0. The van der Waals surface area contributed by atoms with E-state index in [-0.39, 0.29) is 18.0 Å². The van der Waals surface area contributed by atoms with Crippen molar-refractivity contribution in [2.75, 3.05) is 25.5 Å². The number of benzene rings is 1. The molecule has 0 saturated heterocycles. The first-order chi connectivity index (χ1) is 13.5. The van der Waals surface area contributed by atoms with Crippen molar-refractivity contribution in [1.29, 1.82) is 0 Å². The fourth-order valence-corrected chi connectivity index (χ4v) is 3.06. The molecular formula is C21H24N4O3. The number of rotatable bonds is 7. The van der Waals surface area contributed by atoms with Crippen molar-refractivity contribution in [2.24, 2.45) is 0 Å². The Morgan fingerprint density at radius 3 is 2.75 bits per heavy atom. The molecule has 0 unspecified atom stereocenters. The van der Waals surface area contributed by atoms with Crippen LogP contribution in [0.1, 0.15) is 18.3 Å². The number of ether oxygens (including phenoxy) is 1. The van der Waals surface area contributed by atoms with Crippen molar-refractivity contribution < 1.29 is 9.53 Å². The number of nitrogens with one attached hydrogen (secondary N) is 1. The first-order valence-corrected chi connectivity index (χ1v) is 9.14. The third kappa shape index (κ3) is 4.55. The smallest absolute Gasteiger partial charge is 0.258 e. The second-order valence-corrected chi connectivity index (χ2v) is 6.53. The number of aryl methyl sites for hydroxylation is 1. The van der Waals surface area contributed by atoms with Crippen LogP contribution in [0.4, 0.5) is 5.69 Å². The highest BCUT2D eigenvalue weighted by atomic mass is 16.5. The molecule has 2 heterocycles. The molecule has 0 radical (unpaired) electrons. The molecule has 1 aromatic carbocycles. The van der Waals surface area contributed by atoms with Crippen LogP contribution in [0, 0.1) is 6.92 Å². The minimum atomic E-state index is -0.136. The molecule has 0 aliphatic rings. The molecule has 0 saturated carbocycles. The first kappa shape index (κ1) is 19.6. The second-order valence-electron chi connectivity index (χ2n) is 6.53. The van der Waals surface area contributed by atoms with Crippen LogP contribution in [0.3, 0.4) is 0 Å². The van der Waals surface area contributed by atoms with Crippen LogP contribution in [0.25, 0.3) is 5.65 Å². The Balaban J connectivity index is 1.71. The summed E-state index contributed by atoms with van der Waals surface area (Å²) < 4.78 is 6.75. The summed E-state index contributed by atoms with van der Waals surface area (Å²) in [5.74, 6) is 0.546. The van der Waals surface area contributed by atoms with Gasteiger partial charge in [0.2, 0.25) is 5.91 Å². The predicted octanol–water partition coefficient (Wildman–Crippen LogP) is 2.47. The van der Waals surface area contributed by atoms with Crippen LogP contribution < -0.4 is 15.6 Å². The van der Waals surface area contributed by atoms with Gasteiger partial charge in [-0.1, -0.05) is 19.1 Å². The maximum absolute atomic E-state index is 12.4. The van der Waals surface area contributed by atoms with Gasteiger partial charge in [-0.15, -0.1) is 0 Å². The van der Waals surface area contributed by atoms with Crippen LogP contribution in [-0.4, -0.2) is 40.4 Å². The lowest BCUT2D eigenvalue weighted by Gasteiger charge is -2.19. The van der Waals surface area contributed by atoms with E-state index in [9.17, 15) is 9.59 Å². The number of aromatic nitrogens is 2. The van der Waals surface area contributed by atoms with Crippen LogP contribution in [-0.2, 0) is 11.3 Å². The molecule has 0 spiro atoms. The zero-order valence-electron chi connectivity index (χ0n) is 16.3. The monoisotopic (exact) mass is 380 g/mol. The highest BCUT2D eigenvalue weighted by Crippen LogP contribution is 2.16. The van der Waals surface area contributed by atoms with Crippen molar-refractivity contribution in [3.05, 3.63) is 70.3 Å². The quantitative estimate of drug-likeness (QED) is 0.681. The predicted molar refractivity (Wildman–Crippen MR) is 109 cm³/mol. The molecule has 28 heavy (non-hydrogen) atoms. The fourth-order valence-electron chi connectivity index (χ4n) is 3.06. The minimum absolute atomic E-state index is 0.116. The summed E-state index contributed by atoms with van der Waals surface area (Å²) in [6, 6.07) is 14.3. The topological polar surface area (TPSA) is 75.9 Å². The lowest BCUT2D eigenvalue weighted by molar-refractivity contribution is -0.117. The number of carbonyl (C=O) groups excluding carboxylic acids is 1. The van der Waals surface area contributed by atoms with Crippen LogP contribution in [0.5, 0.6) is 5.75 Å². The van der Waals surface area contributed by atoms with Gasteiger partial charge in [0.25, 0.3) is 5.56 Å². The number of methoxy groups -OCH3 is 1. The number of hydrogen-bond donors (Lipinski definition) is 1. The number of nitrogens with zero attached hydrogens (tertiary/aromatic N) is 3. The molecule has 7 heteroatoms. The number of fused-ring (bicyclic) bond motifs is 1. The van der Waals surface area contributed by atoms with Crippen LogP contribution in [0.15, 0.2) is 53.3 Å². The Kier molecular flexibility index (Phi) is 6.06. The van der Waals surface area contributed by atoms with Gasteiger partial charge in [0.1, 0.15) is 11.4 Å². The van der Waals surface area contributed by atoms with Crippen molar-refractivity contribution in [1.82, 2.24) is 14.3 Å². The standard InChI is InChI=1S/C21H24N4O3/c1-4-24(14-20(26)23-16-8-6-9-18(11-16)28-3)13-17-12-21(27)25-15(2)7-5-10-19(25)22-17/h5-12H,4,13-14H2,1-3H3,(H,23,26). The Bertz CT molecular complexity index is 1050. The molecule has 1 N–H and O–H groups in total. The molecule has 0 atom stereocenters. The lowest BCUT2D eigenvalue weighted by Crippen LogP contribution is -2.33. The molecular weight excluding hydrogens is 356 g/mol. The van der Waals surface area contributed by atoms with E-state index >= 15 is 0 Å². The summed E-state index contributed by atoms with van der Waals surface area (Å²) in [5, 5.41) is 2.87. The summed E-state index contributed by atoms with van der Waals surface area (Å²) in [6.45, 7) is 5.11. The Hall–Kier alpha value is -3.19. The van der Waals surface area contributed by atoms with Crippen LogP contribution in [0.2, 0.25) is 0 Å². The van der Waals surface area contributed by atoms with Crippen molar-refractivity contribution in [3.8, 4) is 5.75 Å². The maximum Gasteiger partial charge on any atom is 0.258 e. The average Bonchev–Trinajstić information content (AvgIpc) is 2.67. The summed E-state index contributed by atoms with van der Waals surface area (Å²) in [6.07, 6.45) is 0. The highest BCUT2D eigenvalue weighted by molar-refractivity contribution is 5.92. The van der Waals surface area contributed by atoms with Gasteiger partial charge in [0.05, 0.1) is 19.3 Å². The van der Waals surface area contributed by atoms with E-state index in [4.69, 9.17) is 4.74 Å². The number of pyridine rings is 1. The van der Waals surface area contributed by atoms with E-state index in [1.54, 1.807) is 17.6 Å². The van der Waals surface area contributed by atoms with Crippen molar-refractivity contribution in [2.45, 2.75) is 20.4 Å². The Morgan fingerprint density at radius 2 is 2.00 bits per heavy atom. The molecule has 0 aliphatic carbocycles. The summed E-state index contributed by atoms with van der Waals surface area (Å²) in [5.41, 5.74) is 2.66. The van der Waals surface area contributed by atoms with E-state index in [2.05, 4.69) is 10.3 Å². The summed E-state index contributed by atoms with van der Waals surface area (Å²) in [4.78, 5) is 31.3. The number of carbonyl (C=O) groups is 1. The average molecular weight is 380 g/mol. The van der Waals surface area contributed by atoms with Crippen molar-refractivity contribution in [3.63, 3.8) is 0 Å². The number of amides is 1. The van der Waals surface area contributed by atoms with E-state index in [1.807, 2.05) is 55.1 Å². The Morgan fingerprint density at radius 1 is 1.21 bits per heavy atom. The van der Waals surface area contributed by atoms with Gasteiger partial charge >= 0.3 is 0 Å². The van der Waals surface area contributed by atoms with E-state index in [0.717, 1.165) is 5.69 Å². The van der Waals surface area contributed by atoms with Gasteiger partial charge < -0.3 is 10.1 Å². The molecule has 3 aromatic rings. The third-order valence-electron chi connectivity index (χ3n) is 4.49. The molecule has 0 bridgehead atoms. The van der Waals surface area contributed by atoms with Gasteiger partial charge in [-0.3, -0.25) is 18.9 Å². The van der Waals surface area contributed by atoms with Crippen molar-refractivity contribution >= 4 is 17.2 Å². The molecule has 3 rings (SSSR count). The molecule has 146 valence electrons. The normalized spacial score (nSPS) is 11.0. The number of hydrogen-bond acceptors (Lipinski definition) is 5. The van der Waals surface area contributed by atoms with E-state index < -0.39 is 0 Å². The SMILES string of the molecule is CCN(CC(=O)Nc1cccc(OC)c1)Cc1cc(=O)n2c(C)cccc2n1. The Labute approximate surface area is 163 Å². The number of likely N-dealkylation sites (N-methyl/N-ethyl adjacent to an activating group) is 1. The number of anilines is 1. The largest absolute Gasteiger partial charge is 0.497 e. The summed E-state index contributed by atoms with van der Waals surface area (Å²) in [7, 11) is 1.58. The molecule has 1 amide bonds. The zero-order valence-corrected chi connectivity index (χ0v) is 16.3. The minimum Gasteiger partial charge on any atom is -0.497 e. The second kappa shape index (κ2) is 8.67. The zero-order chi connectivity index (χ0) is 20.1. The van der Waals surface area contributed by atoms with E-state index in [0.29, 0.717) is 35.9 Å². The molecule has 0 aliphatic heterocycles. The molecule has 7 nitrogen and oxygen atoms in total. The van der Waals surface area contributed by atoms with E-state index in [1.165, 1.54) is 6.07 Å². The molecule has 2 aromatic heterocycles. The van der Waals surface area contributed by atoms with Crippen LogP contribution >= 0.6 is 0 Å². The molecule has 0 fully saturated rings. The van der Waals surface area contributed by atoms with Gasteiger partial charge in [0.15, 0.2) is 0 Å². The first-order valence-electron chi connectivity index (χ1n) is 9.14. The maximum atomic E-state index is 12.4. The lowest BCUT2D eigenvalue weighted by atomic mass is 10.3. The van der Waals surface area contributed by atoms with Gasteiger partial charge in [-0.05, 0) is 37.7 Å². The highest BCUT2D eigenvalue weighted by Gasteiger charge is 2.13. The van der Waals surface area contributed by atoms with Gasteiger partial charge in [0, 0.05) is 30.1 Å². The van der Waals surface area contributed by atoms with Gasteiger partial charge in [-0.25, -0.2) is 4.98 Å². The third-order valence-corrected chi connectivity index (χ3v) is 4.49. The van der Waals surface area contributed by atoms with Gasteiger partial charge in [-0.2, -0.15) is 0 Å². The fraction of sp³-hybridized carbons (Fsp3) is 0.286.